The molecule has 2 N–H and O–H groups in total. The zero-order valence-corrected chi connectivity index (χ0v) is 16.6. The molecular weight excluding hydrogens is 330 g/mol. The molecule has 1 saturated heterocycles. The van der Waals surface area contributed by atoms with Gasteiger partial charge in [0, 0.05) is 43.5 Å². The first-order chi connectivity index (χ1) is 12.5. The van der Waals surface area contributed by atoms with Gasteiger partial charge in [0.2, 0.25) is 0 Å². The van der Waals surface area contributed by atoms with Gasteiger partial charge in [-0.25, -0.2) is 0 Å². The van der Waals surface area contributed by atoms with Crippen molar-refractivity contribution in [3.05, 3.63) is 0 Å². The summed E-state index contributed by atoms with van der Waals surface area (Å²) in [6.45, 7) is 8.93. The van der Waals surface area contributed by atoms with E-state index >= 15 is 0 Å². The van der Waals surface area contributed by atoms with Crippen molar-refractivity contribution >= 4 is 11.9 Å². The predicted octanol–water partition coefficient (Wildman–Crippen LogP) is 2.62. The topological polar surface area (TPSA) is 72.0 Å². The van der Waals surface area contributed by atoms with Gasteiger partial charge in [-0.15, -0.1) is 0 Å². The fourth-order valence-corrected chi connectivity index (χ4v) is 4.75. The molecule has 6 heteroatoms. The highest BCUT2D eigenvalue weighted by Crippen LogP contribution is 2.52. The highest BCUT2D eigenvalue weighted by Gasteiger charge is 2.59. The average Bonchev–Trinajstić information content (AvgIpc) is 3.26. The van der Waals surface area contributed by atoms with Crippen LogP contribution in [0.5, 0.6) is 0 Å². The minimum atomic E-state index is -0.0730. The Labute approximate surface area is 157 Å². The minimum absolute atomic E-state index is 0.0730. The monoisotopic (exact) mass is 365 g/mol. The van der Waals surface area contributed by atoms with E-state index in [0.717, 1.165) is 44.8 Å². The van der Waals surface area contributed by atoms with Crippen LogP contribution < -0.4 is 10.6 Å². The molecule has 6 nitrogen and oxygen atoms in total. The summed E-state index contributed by atoms with van der Waals surface area (Å²) in [5.41, 5.74) is 0.127. The van der Waals surface area contributed by atoms with E-state index in [0.29, 0.717) is 31.0 Å². The lowest BCUT2D eigenvalue weighted by atomic mass is 9.57. The van der Waals surface area contributed by atoms with Crippen molar-refractivity contribution in [3.8, 4) is 0 Å². The van der Waals surface area contributed by atoms with Gasteiger partial charge in [0.1, 0.15) is 6.10 Å². The number of fused-ring (bicyclic) bond motifs is 1. The minimum Gasteiger partial charge on any atom is -0.462 e. The van der Waals surface area contributed by atoms with E-state index in [2.05, 4.69) is 36.4 Å². The Balaban J connectivity index is 1.43. The second-order valence-electron chi connectivity index (χ2n) is 8.45. The van der Waals surface area contributed by atoms with E-state index < -0.39 is 0 Å². The molecule has 0 amide bonds. The third-order valence-corrected chi connectivity index (χ3v) is 6.15. The van der Waals surface area contributed by atoms with Gasteiger partial charge in [-0.3, -0.25) is 9.79 Å². The Morgan fingerprint density at radius 1 is 1.27 bits per heavy atom. The van der Waals surface area contributed by atoms with Crippen molar-refractivity contribution in [2.45, 2.75) is 84.0 Å². The van der Waals surface area contributed by atoms with Crippen LogP contribution in [0.1, 0.15) is 65.7 Å². The maximum Gasteiger partial charge on any atom is 0.306 e. The van der Waals surface area contributed by atoms with E-state index in [9.17, 15) is 4.79 Å². The first-order valence-corrected chi connectivity index (χ1v) is 10.4. The van der Waals surface area contributed by atoms with E-state index in [4.69, 9.17) is 9.47 Å². The number of nitrogens with one attached hydrogen (secondary N) is 2. The molecule has 3 unspecified atom stereocenters. The van der Waals surface area contributed by atoms with Gasteiger partial charge in [0.15, 0.2) is 5.96 Å². The summed E-state index contributed by atoms with van der Waals surface area (Å²) < 4.78 is 11.4. The van der Waals surface area contributed by atoms with Crippen LogP contribution in [0.2, 0.25) is 0 Å². The molecule has 0 bridgehead atoms. The molecule has 0 aromatic carbocycles. The average molecular weight is 366 g/mol. The molecule has 3 aliphatic rings. The molecule has 148 valence electrons. The molecule has 2 saturated carbocycles. The first-order valence-electron chi connectivity index (χ1n) is 10.4. The SMILES string of the molecule is CCNC(=NCCCC(=O)OC1CCCC1)NC1C2CCOC2C1(C)C. The summed E-state index contributed by atoms with van der Waals surface area (Å²) in [5, 5.41) is 6.93. The molecule has 26 heavy (non-hydrogen) atoms. The van der Waals surface area contributed by atoms with Crippen LogP contribution in [0.15, 0.2) is 4.99 Å². The quantitative estimate of drug-likeness (QED) is 0.314. The first kappa shape index (κ1) is 19.5. The van der Waals surface area contributed by atoms with Crippen LogP contribution in [-0.4, -0.2) is 49.9 Å². The standard InChI is InChI=1S/C20H35N3O3/c1-4-21-19(23-17-15-11-13-25-18(15)20(17,2)3)22-12-7-10-16(24)26-14-8-5-6-9-14/h14-15,17-18H,4-13H2,1-3H3,(H2,21,22,23). The third kappa shape index (κ3) is 4.33. The Hall–Kier alpha value is -1.30. The van der Waals surface area contributed by atoms with Crippen LogP contribution in [0.4, 0.5) is 0 Å². The van der Waals surface area contributed by atoms with Crippen molar-refractivity contribution in [1.29, 1.82) is 0 Å². The van der Waals surface area contributed by atoms with Gasteiger partial charge in [0.25, 0.3) is 0 Å². The maximum atomic E-state index is 11.9. The van der Waals surface area contributed by atoms with Gasteiger partial charge in [-0.05, 0) is 45.4 Å². The number of hydrogen-bond acceptors (Lipinski definition) is 4. The van der Waals surface area contributed by atoms with Crippen LogP contribution in [-0.2, 0) is 14.3 Å². The molecule has 0 aromatic heterocycles. The largest absolute Gasteiger partial charge is 0.462 e. The van der Waals surface area contributed by atoms with Crippen LogP contribution in [0.25, 0.3) is 0 Å². The zero-order valence-electron chi connectivity index (χ0n) is 16.6. The number of esters is 1. The molecule has 1 heterocycles. The fraction of sp³-hybridized carbons (Fsp3) is 0.900. The molecule has 0 radical (unpaired) electrons. The Bertz CT molecular complexity index is 514. The molecule has 0 spiro atoms. The second kappa shape index (κ2) is 8.59. The number of rotatable bonds is 7. The van der Waals surface area contributed by atoms with Crippen molar-refractivity contribution in [3.63, 3.8) is 0 Å². The van der Waals surface area contributed by atoms with Crippen molar-refractivity contribution in [2.24, 2.45) is 16.3 Å². The summed E-state index contributed by atoms with van der Waals surface area (Å²) in [7, 11) is 0. The highest BCUT2D eigenvalue weighted by atomic mass is 16.5. The van der Waals surface area contributed by atoms with Gasteiger partial charge < -0.3 is 20.1 Å². The van der Waals surface area contributed by atoms with Crippen molar-refractivity contribution in [2.75, 3.05) is 19.7 Å². The van der Waals surface area contributed by atoms with Crippen molar-refractivity contribution < 1.29 is 14.3 Å². The number of guanidine groups is 1. The molecule has 3 rings (SSSR count). The Morgan fingerprint density at radius 2 is 2.04 bits per heavy atom. The zero-order chi connectivity index (χ0) is 18.6. The van der Waals surface area contributed by atoms with Gasteiger partial charge in [0.05, 0.1) is 6.10 Å². The third-order valence-electron chi connectivity index (χ3n) is 6.15. The van der Waals surface area contributed by atoms with E-state index in [1.54, 1.807) is 0 Å². The van der Waals surface area contributed by atoms with E-state index in [-0.39, 0.29) is 17.5 Å². The molecule has 3 atom stereocenters. The summed E-state index contributed by atoms with van der Waals surface area (Å²) >= 11 is 0. The lowest BCUT2D eigenvalue weighted by Crippen LogP contribution is -2.67. The van der Waals surface area contributed by atoms with Crippen LogP contribution in [0, 0.1) is 11.3 Å². The van der Waals surface area contributed by atoms with Crippen LogP contribution in [0.3, 0.4) is 0 Å². The number of nitrogens with zero attached hydrogens (tertiary/aromatic N) is 1. The number of ether oxygens (including phenoxy) is 2. The number of carbonyl (C=O) groups excluding carboxylic acids is 1. The molecule has 3 fully saturated rings. The van der Waals surface area contributed by atoms with Crippen molar-refractivity contribution in [1.82, 2.24) is 10.6 Å². The lowest BCUT2D eigenvalue weighted by Gasteiger charge is -2.54. The van der Waals surface area contributed by atoms with Gasteiger partial charge in [-0.2, -0.15) is 0 Å². The molecular formula is C20H35N3O3. The summed E-state index contributed by atoms with van der Waals surface area (Å²) in [6.07, 6.45) is 7.26. The summed E-state index contributed by atoms with van der Waals surface area (Å²) in [6, 6.07) is 0.389. The van der Waals surface area contributed by atoms with Crippen LogP contribution >= 0.6 is 0 Å². The van der Waals surface area contributed by atoms with E-state index in [1.165, 1.54) is 12.8 Å². The number of carbonyl (C=O) groups is 1. The second-order valence-corrected chi connectivity index (χ2v) is 8.45. The highest BCUT2D eigenvalue weighted by molar-refractivity contribution is 5.80. The Kier molecular flexibility index (Phi) is 6.43. The molecule has 2 aliphatic carbocycles. The summed E-state index contributed by atoms with van der Waals surface area (Å²) in [5.74, 6) is 1.35. The fourth-order valence-electron chi connectivity index (χ4n) is 4.75. The predicted molar refractivity (Wildman–Crippen MR) is 102 cm³/mol. The lowest BCUT2D eigenvalue weighted by molar-refractivity contribution is -0.148. The normalized spacial score (nSPS) is 30.6. The van der Waals surface area contributed by atoms with Gasteiger partial charge in [-0.1, -0.05) is 13.8 Å². The van der Waals surface area contributed by atoms with E-state index in [1.807, 2.05) is 0 Å². The number of aliphatic imine (C=N–C) groups is 1. The maximum absolute atomic E-state index is 11.9. The number of hydrogen-bond donors (Lipinski definition) is 2. The summed E-state index contributed by atoms with van der Waals surface area (Å²) in [4.78, 5) is 16.6. The Morgan fingerprint density at radius 3 is 2.77 bits per heavy atom. The molecule has 0 aromatic rings. The molecule has 1 aliphatic heterocycles. The smallest absolute Gasteiger partial charge is 0.306 e. The van der Waals surface area contributed by atoms with Gasteiger partial charge >= 0.3 is 5.97 Å².